The molecule has 0 saturated heterocycles. The van der Waals surface area contributed by atoms with Gasteiger partial charge in [0, 0.05) is 29.5 Å². The van der Waals surface area contributed by atoms with Gasteiger partial charge >= 0.3 is 6.03 Å². The first-order valence-electron chi connectivity index (χ1n) is 7.82. The van der Waals surface area contributed by atoms with Crippen LogP contribution in [0.1, 0.15) is 0 Å². The Kier molecular flexibility index (Phi) is 3.43. The second kappa shape index (κ2) is 5.74. The summed E-state index contributed by atoms with van der Waals surface area (Å²) in [5, 5.41) is 9.04. The average molecular weight is 315 g/mol. The lowest BCUT2D eigenvalue weighted by Gasteiger charge is -2.09. The number of anilines is 2. The van der Waals surface area contributed by atoms with Gasteiger partial charge in [0.1, 0.15) is 0 Å². The van der Waals surface area contributed by atoms with E-state index in [9.17, 15) is 4.79 Å². The molecular weight excluding hydrogens is 298 g/mol. The van der Waals surface area contributed by atoms with Crippen LogP contribution in [0.2, 0.25) is 0 Å². The van der Waals surface area contributed by atoms with E-state index in [2.05, 4.69) is 10.6 Å². The molecule has 4 aromatic rings. The minimum atomic E-state index is -0.247. The maximum Gasteiger partial charge on any atom is 0.323 e. The fourth-order valence-corrected chi connectivity index (χ4v) is 3.05. The minimum Gasteiger partial charge on any atom is -0.348 e. The van der Waals surface area contributed by atoms with E-state index in [1.807, 2.05) is 84.5 Å². The van der Waals surface area contributed by atoms with Crippen molar-refractivity contribution >= 4 is 39.1 Å². The summed E-state index contributed by atoms with van der Waals surface area (Å²) in [6.07, 6.45) is 1.92. The minimum absolute atomic E-state index is 0.247. The van der Waals surface area contributed by atoms with Crippen LogP contribution >= 0.6 is 0 Å². The molecular formula is C20H17N3O. The molecule has 2 amide bonds. The summed E-state index contributed by atoms with van der Waals surface area (Å²) in [6.45, 7) is 0. The highest BCUT2D eigenvalue weighted by Crippen LogP contribution is 2.26. The van der Waals surface area contributed by atoms with Crippen LogP contribution in [0.3, 0.4) is 0 Å². The van der Waals surface area contributed by atoms with Crippen molar-refractivity contribution in [3.63, 3.8) is 0 Å². The second-order valence-corrected chi connectivity index (χ2v) is 5.78. The number of hydrogen-bond acceptors (Lipinski definition) is 1. The highest BCUT2D eigenvalue weighted by atomic mass is 16.2. The van der Waals surface area contributed by atoms with Gasteiger partial charge in [0.15, 0.2) is 0 Å². The number of aromatic nitrogens is 1. The Bertz CT molecular complexity index is 1040. The fourth-order valence-electron chi connectivity index (χ4n) is 3.05. The number of aryl methyl sites for hydroxylation is 1. The first kappa shape index (κ1) is 14.3. The quantitative estimate of drug-likeness (QED) is 0.538. The normalized spacial score (nSPS) is 10.9. The zero-order valence-electron chi connectivity index (χ0n) is 13.3. The summed E-state index contributed by atoms with van der Waals surface area (Å²) in [4.78, 5) is 12.4. The number of para-hydroxylation sites is 1. The van der Waals surface area contributed by atoms with E-state index in [-0.39, 0.29) is 6.03 Å². The van der Waals surface area contributed by atoms with Crippen LogP contribution < -0.4 is 10.6 Å². The molecule has 2 N–H and O–H groups in total. The van der Waals surface area contributed by atoms with Gasteiger partial charge < -0.3 is 15.2 Å². The molecule has 1 aromatic heterocycles. The van der Waals surface area contributed by atoms with Crippen molar-refractivity contribution in [1.29, 1.82) is 0 Å². The number of benzene rings is 3. The molecule has 3 aromatic carbocycles. The fraction of sp³-hybridized carbons (Fsp3) is 0.0500. The van der Waals surface area contributed by atoms with Crippen molar-refractivity contribution in [2.75, 3.05) is 10.6 Å². The van der Waals surface area contributed by atoms with Gasteiger partial charge in [-0.15, -0.1) is 0 Å². The molecule has 0 saturated carbocycles. The molecule has 24 heavy (non-hydrogen) atoms. The van der Waals surface area contributed by atoms with Gasteiger partial charge in [0.2, 0.25) is 0 Å². The number of nitrogens with one attached hydrogen (secondary N) is 2. The summed E-state index contributed by atoms with van der Waals surface area (Å²) in [6, 6.07) is 21.6. The lowest BCUT2D eigenvalue weighted by molar-refractivity contribution is 0.262. The molecule has 1 heterocycles. The molecule has 4 heteroatoms. The third kappa shape index (κ3) is 2.48. The number of carbonyl (C=O) groups excluding carboxylic acids is 1. The Morgan fingerprint density at radius 1 is 0.792 bits per heavy atom. The second-order valence-electron chi connectivity index (χ2n) is 5.78. The first-order chi connectivity index (χ1) is 11.7. The largest absolute Gasteiger partial charge is 0.348 e. The van der Waals surface area contributed by atoms with Crippen molar-refractivity contribution in [1.82, 2.24) is 4.57 Å². The molecule has 0 spiro atoms. The maximum absolute atomic E-state index is 12.4. The van der Waals surface area contributed by atoms with Crippen LogP contribution in [0.25, 0.3) is 21.7 Å². The number of carbonyl (C=O) groups is 1. The van der Waals surface area contributed by atoms with Crippen LogP contribution in [0.4, 0.5) is 16.2 Å². The number of urea groups is 1. The number of nitrogens with zero attached hydrogens (tertiary/aromatic N) is 1. The third-order valence-corrected chi connectivity index (χ3v) is 4.18. The van der Waals surface area contributed by atoms with E-state index >= 15 is 0 Å². The Labute approximate surface area is 139 Å². The predicted octanol–water partition coefficient (Wildman–Crippen LogP) is 4.98. The van der Waals surface area contributed by atoms with Crippen LogP contribution in [0, 0.1) is 0 Å². The Hall–Kier alpha value is -3.27. The number of hydrogen-bond donors (Lipinski definition) is 2. The molecule has 4 rings (SSSR count). The van der Waals surface area contributed by atoms with E-state index < -0.39 is 0 Å². The molecule has 0 bridgehead atoms. The average Bonchev–Trinajstić information content (AvgIpc) is 2.91. The van der Waals surface area contributed by atoms with Crippen molar-refractivity contribution in [3.8, 4) is 0 Å². The monoisotopic (exact) mass is 315 g/mol. The van der Waals surface area contributed by atoms with E-state index in [1.54, 1.807) is 0 Å². The lowest BCUT2D eigenvalue weighted by atomic mass is 10.1. The topological polar surface area (TPSA) is 46.1 Å². The van der Waals surface area contributed by atoms with E-state index in [4.69, 9.17) is 0 Å². The van der Waals surface area contributed by atoms with Gasteiger partial charge in [0.25, 0.3) is 0 Å². The van der Waals surface area contributed by atoms with Crippen molar-refractivity contribution in [2.24, 2.45) is 7.05 Å². The highest BCUT2D eigenvalue weighted by Gasteiger charge is 2.10. The lowest BCUT2D eigenvalue weighted by Crippen LogP contribution is -2.19. The summed E-state index contributed by atoms with van der Waals surface area (Å²) >= 11 is 0. The molecule has 0 unspecified atom stereocenters. The molecule has 0 atom stereocenters. The Morgan fingerprint density at radius 3 is 2.33 bits per heavy atom. The molecule has 118 valence electrons. The van der Waals surface area contributed by atoms with Crippen LogP contribution in [0.15, 0.2) is 72.9 Å². The Morgan fingerprint density at radius 2 is 1.46 bits per heavy atom. The van der Waals surface area contributed by atoms with Gasteiger partial charge in [-0.25, -0.2) is 4.79 Å². The van der Waals surface area contributed by atoms with Gasteiger partial charge in [-0.05, 0) is 17.5 Å². The SMILES string of the molecule is Cn1cc(NC(=O)Nc2cccc3ccccc23)c2ccccc21. The number of amides is 2. The summed E-state index contributed by atoms with van der Waals surface area (Å²) in [5.74, 6) is 0. The van der Waals surface area contributed by atoms with Crippen LogP contribution in [0.5, 0.6) is 0 Å². The third-order valence-electron chi connectivity index (χ3n) is 4.18. The van der Waals surface area contributed by atoms with E-state index in [0.717, 1.165) is 33.1 Å². The summed E-state index contributed by atoms with van der Waals surface area (Å²) < 4.78 is 2.00. The molecule has 0 aliphatic heterocycles. The Balaban J connectivity index is 1.62. The van der Waals surface area contributed by atoms with Crippen LogP contribution in [-0.4, -0.2) is 10.6 Å². The van der Waals surface area contributed by atoms with Crippen molar-refractivity contribution < 1.29 is 4.79 Å². The maximum atomic E-state index is 12.4. The van der Waals surface area contributed by atoms with Crippen LogP contribution in [-0.2, 0) is 7.05 Å². The molecule has 0 radical (unpaired) electrons. The molecule has 0 aliphatic rings. The van der Waals surface area contributed by atoms with Gasteiger partial charge in [-0.1, -0.05) is 54.6 Å². The van der Waals surface area contributed by atoms with Gasteiger partial charge in [-0.3, -0.25) is 0 Å². The molecule has 0 fully saturated rings. The summed E-state index contributed by atoms with van der Waals surface area (Å²) in [5.41, 5.74) is 2.68. The number of fused-ring (bicyclic) bond motifs is 2. The standard InChI is InChI=1S/C20H17N3O/c1-23-13-18(16-10-4-5-12-19(16)23)22-20(24)21-17-11-6-8-14-7-2-3-9-15(14)17/h2-13H,1H3,(H2,21,22,24). The van der Waals surface area contributed by atoms with Crippen molar-refractivity contribution in [2.45, 2.75) is 0 Å². The summed E-state index contributed by atoms with van der Waals surface area (Å²) in [7, 11) is 1.97. The van der Waals surface area contributed by atoms with Crippen molar-refractivity contribution in [3.05, 3.63) is 72.9 Å². The molecule has 4 nitrogen and oxygen atoms in total. The smallest absolute Gasteiger partial charge is 0.323 e. The van der Waals surface area contributed by atoms with Gasteiger partial charge in [0.05, 0.1) is 11.4 Å². The number of rotatable bonds is 2. The zero-order chi connectivity index (χ0) is 16.5. The first-order valence-corrected chi connectivity index (χ1v) is 7.82. The van der Waals surface area contributed by atoms with E-state index in [0.29, 0.717) is 0 Å². The predicted molar refractivity (Wildman–Crippen MR) is 99.5 cm³/mol. The highest BCUT2D eigenvalue weighted by molar-refractivity contribution is 6.09. The molecule has 0 aliphatic carbocycles. The van der Waals surface area contributed by atoms with E-state index in [1.165, 1.54) is 0 Å². The van der Waals surface area contributed by atoms with Gasteiger partial charge in [-0.2, -0.15) is 0 Å². The zero-order valence-corrected chi connectivity index (χ0v) is 13.3.